The smallest absolute Gasteiger partial charge is 0.489 e. The number of aromatic amines is 1. The molecule has 5 rings (SSSR count). The zero-order chi connectivity index (χ0) is 29.3. The van der Waals surface area contributed by atoms with Gasteiger partial charge in [0.15, 0.2) is 0 Å². The molecule has 1 aromatic heterocycles. The van der Waals surface area contributed by atoms with Crippen LogP contribution >= 0.6 is 0 Å². The molecule has 2 N–H and O–H groups in total. The lowest BCUT2D eigenvalue weighted by atomic mass is 10.0. The first-order valence-electron chi connectivity index (χ1n) is 13.1. The van der Waals surface area contributed by atoms with Crippen LogP contribution in [0.2, 0.25) is 0 Å². The Morgan fingerprint density at radius 3 is 2.39 bits per heavy atom. The number of nitrogens with one attached hydrogen (secondary N) is 2. The molecule has 2 aliphatic rings. The highest BCUT2D eigenvalue weighted by Gasteiger charge is 2.43. The molecule has 1 saturated carbocycles. The summed E-state index contributed by atoms with van der Waals surface area (Å²) in [5.74, 6) is -4.31. The average Bonchev–Trinajstić information content (AvgIpc) is 3.66. The number of hydrogen-bond acceptors (Lipinski definition) is 6. The molecule has 0 radical (unpaired) electrons. The quantitative estimate of drug-likeness (QED) is 0.295. The fourth-order valence-electron chi connectivity index (χ4n) is 4.93. The van der Waals surface area contributed by atoms with Crippen molar-refractivity contribution >= 4 is 22.9 Å². The molecule has 2 heterocycles. The minimum absolute atomic E-state index is 0.00376. The van der Waals surface area contributed by atoms with Crippen molar-refractivity contribution in [3.8, 4) is 5.75 Å². The van der Waals surface area contributed by atoms with Gasteiger partial charge in [-0.1, -0.05) is 0 Å². The normalized spacial score (nSPS) is 17.4. The number of ether oxygens (including phenoxy) is 2. The van der Waals surface area contributed by atoms with Gasteiger partial charge in [-0.2, -0.15) is 13.2 Å². The summed E-state index contributed by atoms with van der Waals surface area (Å²) in [6.45, 7) is -0.00998. The van der Waals surface area contributed by atoms with Crippen molar-refractivity contribution in [1.82, 2.24) is 19.8 Å². The highest BCUT2D eigenvalue weighted by molar-refractivity contribution is 5.97. The molecular weight excluding hydrogens is 555 g/mol. The Labute approximate surface area is 230 Å². The minimum atomic E-state index is -5.24. The largest absolute Gasteiger partial charge is 0.490 e. The lowest BCUT2D eigenvalue weighted by molar-refractivity contribution is -0.206. The molecule has 41 heavy (non-hydrogen) atoms. The van der Waals surface area contributed by atoms with Crippen LogP contribution in [0.25, 0.3) is 11.0 Å². The first kappa shape index (κ1) is 28.6. The second-order valence-electron chi connectivity index (χ2n) is 10.2. The number of halogens is 5. The first-order valence-corrected chi connectivity index (χ1v) is 13.1. The van der Waals surface area contributed by atoms with Crippen LogP contribution in [0.3, 0.4) is 0 Å². The number of aromatic nitrogens is 2. The Kier molecular flexibility index (Phi) is 8.02. The number of imidazole rings is 1. The van der Waals surface area contributed by atoms with E-state index >= 15 is 0 Å². The van der Waals surface area contributed by atoms with Crippen molar-refractivity contribution in [2.45, 2.75) is 50.0 Å². The maximum atomic E-state index is 13.9. The minimum Gasteiger partial charge on any atom is -0.489 e. The van der Waals surface area contributed by atoms with Crippen molar-refractivity contribution < 1.29 is 41.0 Å². The Morgan fingerprint density at radius 2 is 1.71 bits per heavy atom. The molecule has 0 spiro atoms. The second kappa shape index (κ2) is 11.5. The van der Waals surface area contributed by atoms with Crippen LogP contribution in [-0.4, -0.2) is 70.9 Å². The van der Waals surface area contributed by atoms with Gasteiger partial charge in [0.1, 0.15) is 30.1 Å². The maximum Gasteiger partial charge on any atom is 0.490 e. The van der Waals surface area contributed by atoms with E-state index in [-0.39, 0.29) is 29.9 Å². The third-order valence-electron chi connectivity index (χ3n) is 7.09. The number of amides is 1. The maximum absolute atomic E-state index is 13.9. The summed E-state index contributed by atoms with van der Waals surface area (Å²) in [5.41, 5.74) is 0.503. The summed E-state index contributed by atoms with van der Waals surface area (Å²) in [4.78, 5) is 41.1. The van der Waals surface area contributed by atoms with Gasteiger partial charge in [-0.25, -0.2) is 18.4 Å². The van der Waals surface area contributed by atoms with E-state index in [2.05, 4.69) is 10.3 Å². The van der Waals surface area contributed by atoms with Crippen molar-refractivity contribution in [1.29, 1.82) is 0 Å². The lowest BCUT2D eigenvalue weighted by Gasteiger charge is -2.34. The van der Waals surface area contributed by atoms with Gasteiger partial charge in [0, 0.05) is 37.8 Å². The van der Waals surface area contributed by atoms with Gasteiger partial charge in [0.25, 0.3) is 5.91 Å². The van der Waals surface area contributed by atoms with E-state index in [1.54, 1.807) is 4.90 Å². The van der Waals surface area contributed by atoms with Crippen LogP contribution in [-0.2, 0) is 9.53 Å². The molecule has 14 heteroatoms. The van der Waals surface area contributed by atoms with E-state index in [1.165, 1.54) is 28.8 Å². The monoisotopic (exact) mass is 582 g/mol. The third-order valence-corrected chi connectivity index (χ3v) is 7.09. The van der Waals surface area contributed by atoms with E-state index < -0.39 is 48.1 Å². The van der Waals surface area contributed by atoms with Crippen LogP contribution in [0.1, 0.15) is 42.1 Å². The van der Waals surface area contributed by atoms with Crippen LogP contribution < -0.4 is 15.7 Å². The number of benzene rings is 2. The van der Waals surface area contributed by atoms with Gasteiger partial charge < -0.3 is 19.8 Å². The molecule has 3 aromatic rings. The molecule has 1 atom stereocenters. The van der Waals surface area contributed by atoms with E-state index in [9.17, 15) is 36.3 Å². The number of carbonyl (C=O) groups is 2. The molecule has 220 valence electrons. The Hall–Kier alpha value is -3.94. The standard InChI is InChI=1S/C27H27F5N4O5/c28-15-2-6-22-21(11-15)34-26(39)36(22)18-7-9-35(10-8-18)13-19(41-25(38)27(30,31)32)14-40-23-12-16(29)1-5-20(23)24(37)33-17-3-4-17/h1-2,5-6,11-12,17-19H,3-4,7-10,13-14H2,(H,33,37)(H,34,39)/t19-/m0/s1. The van der Waals surface area contributed by atoms with Gasteiger partial charge in [0.05, 0.1) is 16.6 Å². The lowest BCUT2D eigenvalue weighted by Crippen LogP contribution is -2.45. The summed E-state index contributed by atoms with van der Waals surface area (Å²) in [6, 6.07) is 6.96. The molecule has 2 aromatic carbocycles. The van der Waals surface area contributed by atoms with Crippen LogP contribution in [0, 0.1) is 11.6 Å². The van der Waals surface area contributed by atoms with E-state index in [0.717, 1.165) is 25.0 Å². The van der Waals surface area contributed by atoms with Gasteiger partial charge in [-0.15, -0.1) is 0 Å². The SMILES string of the molecule is O=C(NC1CC1)c1ccc(F)cc1OC[C@H](CN1CCC(n2c(=O)[nH]c3cc(F)ccc32)CC1)OC(=O)C(F)(F)F. The van der Waals surface area contributed by atoms with Crippen LogP contribution in [0.4, 0.5) is 22.0 Å². The molecule has 1 aliphatic heterocycles. The number of fused-ring (bicyclic) bond motifs is 1. The van der Waals surface area contributed by atoms with Gasteiger partial charge in [-0.3, -0.25) is 14.3 Å². The molecule has 1 aliphatic carbocycles. The molecular formula is C27H27F5N4O5. The van der Waals surface area contributed by atoms with Crippen molar-refractivity contribution in [3.63, 3.8) is 0 Å². The van der Waals surface area contributed by atoms with Crippen molar-refractivity contribution in [2.24, 2.45) is 0 Å². The number of esters is 1. The third kappa shape index (κ3) is 6.87. The number of rotatable bonds is 9. The zero-order valence-corrected chi connectivity index (χ0v) is 21.7. The highest BCUT2D eigenvalue weighted by atomic mass is 19.4. The zero-order valence-electron chi connectivity index (χ0n) is 21.7. The number of nitrogens with zero attached hydrogens (tertiary/aromatic N) is 2. The van der Waals surface area contributed by atoms with Crippen molar-refractivity contribution in [3.05, 3.63) is 64.1 Å². The summed E-state index contributed by atoms with van der Waals surface area (Å²) in [6.07, 6.45) is -4.14. The fourth-order valence-corrected chi connectivity index (χ4v) is 4.93. The number of piperidine rings is 1. The number of likely N-dealkylation sites (tertiary alicyclic amines) is 1. The average molecular weight is 583 g/mol. The number of carbonyl (C=O) groups excluding carboxylic acids is 2. The Balaban J connectivity index is 1.26. The van der Waals surface area contributed by atoms with Gasteiger partial charge in [-0.05, 0) is 56.0 Å². The fraction of sp³-hybridized carbons (Fsp3) is 0.444. The Morgan fingerprint density at radius 1 is 1.02 bits per heavy atom. The predicted octanol–water partition coefficient (Wildman–Crippen LogP) is 3.69. The number of alkyl halides is 3. The van der Waals surface area contributed by atoms with Crippen LogP contribution in [0.15, 0.2) is 41.2 Å². The van der Waals surface area contributed by atoms with E-state index in [0.29, 0.717) is 37.0 Å². The first-order chi connectivity index (χ1) is 19.5. The molecule has 2 fully saturated rings. The van der Waals surface area contributed by atoms with Crippen molar-refractivity contribution in [2.75, 3.05) is 26.2 Å². The molecule has 1 amide bonds. The number of H-pyrrole nitrogens is 1. The van der Waals surface area contributed by atoms with Crippen LogP contribution in [0.5, 0.6) is 5.75 Å². The highest BCUT2D eigenvalue weighted by Crippen LogP contribution is 2.27. The van der Waals surface area contributed by atoms with E-state index in [4.69, 9.17) is 9.47 Å². The topological polar surface area (TPSA) is 106 Å². The van der Waals surface area contributed by atoms with E-state index in [1.807, 2.05) is 0 Å². The Bertz CT molecular complexity index is 1490. The predicted molar refractivity (Wildman–Crippen MR) is 136 cm³/mol. The summed E-state index contributed by atoms with van der Waals surface area (Å²) in [5, 5.41) is 2.74. The molecule has 1 saturated heterocycles. The van der Waals surface area contributed by atoms with Gasteiger partial charge >= 0.3 is 17.8 Å². The number of hydrogen-bond donors (Lipinski definition) is 2. The molecule has 9 nitrogen and oxygen atoms in total. The molecule has 0 unspecified atom stereocenters. The second-order valence-corrected chi connectivity index (χ2v) is 10.2. The van der Waals surface area contributed by atoms with Gasteiger partial charge in [0.2, 0.25) is 0 Å². The summed E-state index contributed by atoms with van der Waals surface area (Å²) < 4.78 is 78.4. The summed E-state index contributed by atoms with van der Waals surface area (Å²) >= 11 is 0. The summed E-state index contributed by atoms with van der Waals surface area (Å²) in [7, 11) is 0. The molecule has 0 bridgehead atoms.